The molecule has 1 saturated heterocycles. The first-order valence-electron chi connectivity index (χ1n) is 8.80. The molecule has 1 aromatic carbocycles. The Morgan fingerprint density at radius 3 is 2.93 bits per heavy atom. The van der Waals surface area contributed by atoms with Crippen molar-refractivity contribution in [2.45, 2.75) is 25.3 Å². The Bertz CT molecular complexity index is 1000. The van der Waals surface area contributed by atoms with E-state index in [0.717, 1.165) is 23.7 Å². The number of aromatic amines is 1. The Labute approximate surface area is 154 Å². The number of aryl methyl sites for hydroxylation is 1. The molecule has 2 atom stereocenters. The lowest BCUT2D eigenvalue weighted by Gasteiger charge is -2.33. The second-order valence-corrected chi connectivity index (χ2v) is 6.80. The van der Waals surface area contributed by atoms with Crippen molar-refractivity contribution in [1.29, 1.82) is 0 Å². The van der Waals surface area contributed by atoms with Gasteiger partial charge < -0.3 is 10.6 Å². The molecule has 2 aromatic heterocycles. The maximum absolute atomic E-state index is 13.6. The van der Waals surface area contributed by atoms with Crippen molar-refractivity contribution in [2.24, 2.45) is 0 Å². The molecule has 0 saturated carbocycles. The number of H-pyrrole nitrogens is 1. The molecular formula is C19H19F2N5O. The van der Waals surface area contributed by atoms with Gasteiger partial charge in [0.15, 0.2) is 17.3 Å². The van der Waals surface area contributed by atoms with E-state index in [-0.39, 0.29) is 17.9 Å². The molecule has 3 N–H and O–H groups in total. The third kappa shape index (κ3) is 3.40. The number of carbonyl (C=O) groups excluding carboxylic acids is 1. The quantitative estimate of drug-likeness (QED) is 0.660. The fourth-order valence-corrected chi connectivity index (χ4v) is 3.55. The van der Waals surface area contributed by atoms with Gasteiger partial charge in [0, 0.05) is 35.8 Å². The van der Waals surface area contributed by atoms with E-state index >= 15 is 0 Å². The van der Waals surface area contributed by atoms with Crippen LogP contribution in [0.15, 0.2) is 30.5 Å². The molecule has 2 unspecified atom stereocenters. The van der Waals surface area contributed by atoms with Gasteiger partial charge in [0.05, 0.1) is 5.56 Å². The molecule has 140 valence electrons. The Balaban J connectivity index is 1.57. The van der Waals surface area contributed by atoms with E-state index in [9.17, 15) is 13.6 Å². The number of hydrogen-bond donors (Lipinski definition) is 3. The number of halogens is 2. The molecule has 6 nitrogen and oxygen atoms in total. The summed E-state index contributed by atoms with van der Waals surface area (Å²) in [6.07, 6.45) is 2.20. The fourth-order valence-electron chi connectivity index (χ4n) is 3.55. The number of carbonyl (C=O) groups is 1. The first kappa shape index (κ1) is 17.5. The summed E-state index contributed by atoms with van der Waals surface area (Å²) in [6, 6.07) is 5.44. The van der Waals surface area contributed by atoms with E-state index in [1.165, 1.54) is 12.3 Å². The summed E-state index contributed by atoms with van der Waals surface area (Å²) in [5, 5.41) is 13.9. The number of nitrogens with one attached hydrogen (secondary N) is 3. The van der Waals surface area contributed by atoms with Crippen molar-refractivity contribution in [3.8, 4) is 0 Å². The number of amides is 1. The Morgan fingerprint density at radius 2 is 2.11 bits per heavy atom. The minimum absolute atomic E-state index is 0.0994. The Hall–Kier alpha value is -2.87. The summed E-state index contributed by atoms with van der Waals surface area (Å²) >= 11 is 0. The largest absolute Gasteiger partial charge is 0.347 e. The van der Waals surface area contributed by atoms with Crippen LogP contribution in [0.2, 0.25) is 0 Å². The Morgan fingerprint density at radius 1 is 1.26 bits per heavy atom. The van der Waals surface area contributed by atoms with Gasteiger partial charge in [-0.2, -0.15) is 5.10 Å². The number of nitrogens with zero attached hydrogens (tertiary/aromatic N) is 2. The van der Waals surface area contributed by atoms with Gasteiger partial charge in [-0.15, -0.1) is 0 Å². The number of benzene rings is 1. The standard InChI is InChI=1S/C19H19F2N5O/c1-10-14-6-12(8-23-18(14)26-25-10)19(27)24-17-9-22-5-4-13(17)11-2-3-15(20)16(21)7-11/h2-3,6-8,13,17,22H,4-5,9H2,1H3,(H,24,27)(H,23,25,26). The predicted molar refractivity (Wildman–Crippen MR) is 96.5 cm³/mol. The van der Waals surface area contributed by atoms with Crippen LogP contribution in [-0.2, 0) is 0 Å². The summed E-state index contributed by atoms with van der Waals surface area (Å²) < 4.78 is 26.9. The zero-order valence-electron chi connectivity index (χ0n) is 14.7. The highest BCUT2D eigenvalue weighted by Crippen LogP contribution is 2.27. The molecule has 0 radical (unpaired) electrons. The maximum Gasteiger partial charge on any atom is 0.253 e. The van der Waals surface area contributed by atoms with Gasteiger partial charge in [0.1, 0.15) is 0 Å². The number of aromatic nitrogens is 3. The minimum atomic E-state index is -0.874. The average Bonchev–Trinajstić information content (AvgIpc) is 3.05. The number of hydrogen-bond acceptors (Lipinski definition) is 4. The van der Waals surface area contributed by atoms with Crippen LogP contribution < -0.4 is 10.6 Å². The first-order valence-corrected chi connectivity index (χ1v) is 8.80. The smallest absolute Gasteiger partial charge is 0.253 e. The normalized spacial score (nSPS) is 20.0. The van der Waals surface area contributed by atoms with Crippen molar-refractivity contribution in [3.63, 3.8) is 0 Å². The van der Waals surface area contributed by atoms with Crippen molar-refractivity contribution < 1.29 is 13.6 Å². The lowest BCUT2D eigenvalue weighted by atomic mass is 9.86. The number of piperidine rings is 1. The minimum Gasteiger partial charge on any atom is -0.347 e. The van der Waals surface area contributed by atoms with Gasteiger partial charge in [-0.25, -0.2) is 13.8 Å². The second kappa shape index (κ2) is 7.03. The van der Waals surface area contributed by atoms with Crippen molar-refractivity contribution in [2.75, 3.05) is 13.1 Å². The summed E-state index contributed by atoms with van der Waals surface area (Å²) in [6.45, 7) is 3.16. The van der Waals surface area contributed by atoms with Crippen LogP contribution in [0.3, 0.4) is 0 Å². The van der Waals surface area contributed by atoms with E-state index in [2.05, 4.69) is 25.8 Å². The van der Waals surface area contributed by atoms with Crippen LogP contribution in [0.25, 0.3) is 11.0 Å². The highest BCUT2D eigenvalue weighted by Gasteiger charge is 2.29. The number of pyridine rings is 1. The van der Waals surface area contributed by atoms with Gasteiger partial charge >= 0.3 is 0 Å². The predicted octanol–water partition coefficient (Wildman–Crippen LogP) is 2.42. The third-order valence-electron chi connectivity index (χ3n) is 5.03. The zero-order valence-corrected chi connectivity index (χ0v) is 14.7. The zero-order chi connectivity index (χ0) is 19.0. The topological polar surface area (TPSA) is 82.7 Å². The van der Waals surface area contributed by atoms with E-state index in [4.69, 9.17) is 0 Å². The molecule has 0 bridgehead atoms. The summed E-state index contributed by atoms with van der Waals surface area (Å²) in [4.78, 5) is 16.9. The summed E-state index contributed by atoms with van der Waals surface area (Å²) in [7, 11) is 0. The van der Waals surface area contributed by atoms with Crippen LogP contribution in [0.1, 0.15) is 34.0 Å². The molecule has 8 heteroatoms. The SMILES string of the molecule is Cc1[nH]nc2ncc(C(=O)NC3CNCCC3c3ccc(F)c(F)c3)cc12. The summed E-state index contributed by atoms with van der Waals surface area (Å²) in [5.74, 6) is -2.10. The average molecular weight is 371 g/mol. The fraction of sp³-hybridized carbons (Fsp3) is 0.316. The van der Waals surface area contributed by atoms with Crippen LogP contribution in [-0.4, -0.2) is 40.2 Å². The molecule has 1 amide bonds. The van der Waals surface area contributed by atoms with Gasteiger partial charge in [-0.05, 0) is 43.7 Å². The molecule has 0 aliphatic carbocycles. The molecule has 27 heavy (non-hydrogen) atoms. The van der Waals surface area contributed by atoms with Gasteiger partial charge in [0.2, 0.25) is 0 Å². The van der Waals surface area contributed by atoms with Crippen LogP contribution in [0, 0.1) is 18.6 Å². The number of rotatable bonds is 3. The van der Waals surface area contributed by atoms with E-state index in [0.29, 0.717) is 29.7 Å². The van der Waals surface area contributed by atoms with Gasteiger partial charge in [-0.1, -0.05) is 6.07 Å². The lowest BCUT2D eigenvalue weighted by molar-refractivity contribution is 0.0924. The molecule has 1 aliphatic heterocycles. The molecule has 3 aromatic rings. The number of fused-ring (bicyclic) bond motifs is 1. The molecule has 0 spiro atoms. The molecular weight excluding hydrogens is 352 g/mol. The van der Waals surface area contributed by atoms with Crippen LogP contribution in [0.5, 0.6) is 0 Å². The third-order valence-corrected chi connectivity index (χ3v) is 5.03. The second-order valence-electron chi connectivity index (χ2n) is 6.80. The molecule has 1 aliphatic rings. The monoisotopic (exact) mass is 371 g/mol. The Kier molecular flexibility index (Phi) is 4.57. The molecule has 1 fully saturated rings. The van der Waals surface area contributed by atoms with E-state index in [1.807, 2.05) is 6.92 Å². The first-order chi connectivity index (χ1) is 13.0. The van der Waals surface area contributed by atoms with Crippen molar-refractivity contribution in [1.82, 2.24) is 25.8 Å². The van der Waals surface area contributed by atoms with Crippen LogP contribution >= 0.6 is 0 Å². The van der Waals surface area contributed by atoms with E-state index in [1.54, 1.807) is 12.1 Å². The van der Waals surface area contributed by atoms with Crippen molar-refractivity contribution >= 4 is 16.9 Å². The molecule has 4 rings (SSSR count). The molecule has 3 heterocycles. The lowest BCUT2D eigenvalue weighted by Crippen LogP contribution is -2.50. The van der Waals surface area contributed by atoms with Crippen LogP contribution in [0.4, 0.5) is 8.78 Å². The van der Waals surface area contributed by atoms with E-state index < -0.39 is 11.6 Å². The van der Waals surface area contributed by atoms with Gasteiger partial charge in [-0.3, -0.25) is 9.89 Å². The summed E-state index contributed by atoms with van der Waals surface area (Å²) in [5.41, 5.74) is 2.51. The van der Waals surface area contributed by atoms with Crippen molar-refractivity contribution in [3.05, 3.63) is 58.9 Å². The maximum atomic E-state index is 13.6. The highest BCUT2D eigenvalue weighted by atomic mass is 19.2. The highest BCUT2D eigenvalue weighted by molar-refractivity contribution is 5.97. The van der Waals surface area contributed by atoms with Gasteiger partial charge in [0.25, 0.3) is 5.91 Å².